The maximum atomic E-state index is 11.9. The molecule has 7 N–H and O–H groups in total. The summed E-state index contributed by atoms with van der Waals surface area (Å²) >= 11 is 7.39. The minimum atomic E-state index is -0.583. The van der Waals surface area contributed by atoms with Gasteiger partial charge in [-0.25, -0.2) is 24.4 Å². The zero-order valence-electron chi connectivity index (χ0n) is 57.8. The third-order valence-corrected chi connectivity index (χ3v) is 27.1. The van der Waals surface area contributed by atoms with Crippen LogP contribution in [0.25, 0.3) is 53.8 Å². The minimum Gasteiger partial charge on any atom is -0.447 e. The van der Waals surface area contributed by atoms with Gasteiger partial charge in [0.05, 0.1) is 66.7 Å². The molecule has 2 heterocycles. The first kappa shape index (κ1) is 84.8. The van der Waals surface area contributed by atoms with Crippen LogP contribution in [0.5, 0.6) is 0 Å². The molecule has 18 nitrogen and oxygen atoms in total. The number of thiazole rings is 2. The van der Waals surface area contributed by atoms with Gasteiger partial charge in [-0.1, -0.05) is 256 Å². The first-order valence-corrected chi connectivity index (χ1v) is 44.8. The largest absolute Gasteiger partial charge is 0.447 e. The fourth-order valence-electron chi connectivity index (χ4n) is 10.8. The number of aromatic nitrogens is 2. The van der Waals surface area contributed by atoms with Crippen molar-refractivity contribution >= 4 is 160 Å². The summed E-state index contributed by atoms with van der Waals surface area (Å²) in [6, 6.07) is 65.5. The second-order valence-corrected chi connectivity index (χ2v) is 34.7. The summed E-state index contributed by atoms with van der Waals surface area (Å²) in [4.78, 5) is 59.4. The summed E-state index contributed by atoms with van der Waals surface area (Å²) in [5.41, 5.74) is 23.3. The van der Waals surface area contributed by atoms with Crippen LogP contribution in [0.4, 0.5) is 14.4 Å². The molecule has 0 saturated carbocycles. The van der Waals surface area contributed by atoms with E-state index in [2.05, 4.69) is 124 Å². The van der Waals surface area contributed by atoms with Gasteiger partial charge in [0.25, 0.3) is 0 Å². The van der Waals surface area contributed by atoms with Crippen LogP contribution in [0.2, 0.25) is 0 Å². The predicted octanol–water partition coefficient (Wildman–Crippen LogP) is 18.8. The van der Waals surface area contributed by atoms with E-state index in [1.165, 1.54) is 76.2 Å². The van der Waals surface area contributed by atoms with Crippen LogP contribution >= 0.6 is 122 Å². The number of aliphatic hydroxyl groups is 4. The molecule has 0 aliphatic heterocycles. The molecule has 0 unspecified atom stereocenters. The molecule has 0 radical (unpaired) electrons. The van der Waals surface area contributed by atoms with Crippen molar-refractivity contribution in [1.29, 1.82) is 0 Å². The Kier molecular flexibility index (Phi) is 40.4. The van der Waals surface area contributed by atoms with Gasteiger partial charge in [0.15, 0.2) is 8.68 Å². The molecule has 0 bridgehead atoms. The minimum absolute atomic E-state index is 0. The number of nitrogens with one attached hydrogen (secondary N) is 3. The van der Waals surface area contributed by atoms with Gasteiger partial charge in [-0.15, -0.1) is 22.7 Å². The molecule has 0 atom stereocenters. The molecule has 0 saturated heterocycles. The monoisotopic (exact) mass is 1630 g/mol. The van der Waals surface area contributed by atoms with Gasteiger partial charge in [-0.3, -0.25) is 14.5 Å². The smallest absolute Gasteiger partial charge is 0.431 e. The Morgan fingerprint density at radius 2 is 0.667 bits per heavy atom. The van der Waals surface area contributed by atoms with Gasteiger partial charge in [-0.2, -0.15) is 29.1 Å². The number of hydrogen-bond acceptors (Lipinski definition) is 26. The number of hydrogen-bond donors (Lipinski definition) is 8. The van der Waals surface area contributed by atoms with Crippen molar-refractivity contribution in [3.8, 4) is 33.4 Å². The highest BCUT2D eigenvalue weighted by Crippen LogP contribution is 2.47. The SMILES string of the molecule is C.O=C(NOCCS)OCC1c2ccccc2-c2ccccc21.O=C(NOCCSSCCO)OCC1c2ccccc2-c2ccccc21.O=C(NOCCSSCCO)OCC1c2ccccc2-c2ccccc21.OCCSSc1nc2ccccc2s1.OCCSSc1nc2ccccc2s1.[2H]CC. The first-order valence-electron chi connectivity index (χ1n) is 33.7. The number of para-hydroxylation sites is 2. The van der Waals surface area contributed by atoms with Crippen molar-refractivity contribution in [2.75, 3.05) is 106 Å². The molecule has 560 valence electrons. The van der Waals surface area contributed by atoms with E-state index in [-0.39, 0.29) is 71.4 Å². The molecular formula is C76H87N5O13S11. The van der Waals surface area contributed by atoms with E-state index in [0.717, 1.165) is 31.2 Å². The Balaban J connectivity index is 0.000000186. The van der Waals surface area contributed by atoms with Crippen LogP contribution in [0.15, 0.2) is 203 Å². The molecule has 3 amide bonds. The van der Waals surface area contributed by atoms with Crippen LogP contribution in [-0.4, -0.2) is 155 Å². The van der Waals surface area contributed by atoms with E-state index < -0.39 is 18.3 Å². The number of carbonyl (C=O) groups is 3. The second-order valence-electron chi connectivity index (χ2n) is 21.4. The summed E-state index contributed by atoms with van der Waals surface area (Å²) in [5.74, 6) is 4.97. The molecule has 29 heteroatoms. The van der Waals surface area contributed by atoms with Crippen LogP contribution < -0.4 is 16.4 Å². The number of aliphatic hydroxyl groups excluding tert-OH is 4. The molecular weight excluding hydrogens is 1540 g/mol. The molecule has 13 rings (SSSR count). The van der Waals surface area contributed by atoms with E-state index >= 15 is 0 Å². The topological polar surface area (TPSA) is 249 Å². The molecule has 3 aliphatic rings. The Hall–Kier alpha value is -5.78. The van der Waals surface area contributed by atoms with Gasteiger partial charge in [0.2, 0.25) is 0 Å². The predicted molar refractivity (Wildman–Crippen MR) is 448 cm³/mol. The standard InChI is InChI=1S/2C19H21NO4S2.C17H17NO3S.2C9H9NOS3.C2H6.CH4/c2*21-9-11-25-26-12-10-24-20-19(22)23-13-18-16-7-3-1-5-14(16)15-6-2-4-8-17(15)18;19-17(18-21-9-10-22)20-11-16-14-7-3-1-5-12(14)13-6-2-4-8-15(13)16;2*11-5-6-12-14-9-10-7-3-1-2-4-8(7)13-9;1-2;/h2*1-8,18,21H,9-13H2,(H,20,22);1-8,16,22H,9-11H2,(H,18,19);2*1-4,11H,5-6H2;1-2H3;1H4/i;;;;;1D;. The average molecular weight is 1630 g/mol. The summed E-state index contributed by atoms with van der Waals surface area (Å²) in [5, 5.41) is 34.6. The number of hydroxylamine groups is 3. The van der Waals surface area contributed by atoms with Gasteiger partial charge in [0.1, 0.15) is 19.8 Å². The first-order chi connectivity index (χ1) is 51.6. The lowest BCUT2D eigenvalue weighted by Crippen LogP contribution is -2.27. The van der Waals surface area contributed by atoms with Gasteiger partial charge < -0.3 is 34.6 Å². The number of nitrogens with zero attached hydrogens (tertiary/aromatic N) is 2. The van der Waals surface area contributed by atoms with E-state index in [9.17, 15) is 14.4 Å². The number of amides is 3. The molecule has 3 aliphatic carbocycles. The summed E-state index contributed by atoms with van der Waals surface area (Å²) in [6.45, 7) is 4.99. The van der Waals surface area contributed by atoms with Crippen LogP contribution in [0, 0.1) is 0 Å². The maximum absolute atomic E-state index is 11.9. The van der Waals surface area contributed by atoms with E-state index in [1.54, 1.807) is 116 Å². The van der Waals surface area contributed by atoms with Gasteiger partial charge in [0, 0.05) is 59.4 Å². The Bertz CT molecular complexity index is 3820. The van der Waals surface area contributed by atoms with E-state index in [0.29, 0.717) is 55.5 Å². The third kappa shape index (κ3) is 27.4. The van der Waals surface area contributed by atoms with E-state index in [1.807, 2.05) is 109 Å². The summed E-state index contributed by atoms with van der Waals surface area (Å²) in [6.07, 6.45) is -1.75. The van der Waals surface area contributed by atoms with E-state index in [4.69, 9.17) is 50.5 Å². The van der Waals surface area contributed by atoms with Gasteiger partial charge in [-0.05, 0) is 113 Å². The normalized spacial score (nSPS) is 11.9. The zero-order valence-corrected chi connectivity index (χ0v) is 65.9. The fraction of sp³-hybridized carbons (Fsp3) is 0.303. The van der Waals surface area contributed by atoms with Crippen LogP contribution in [0.3, 0.4) is 0 Å². The van der Waals surface area contributed by atoms with Crippen LogP contribution in [-0.2, 0) is 28.7 Å². The highest BCUT2D eigenvalue weighted by Gasteiger charge is 2.32. The zero-order chi connectivity index (χ0) is 74.1. The molecule has 10 aromatic rings. The van der Waals surface area contributed by atoms with Crippen molar-refractivity contribution in [2.45, 2.75) is 47.7 Å². The lowest BCUT2D eigenvalue weighted by molar-refractivity contribution is 0.0347. The highest BCUT2D eigenvalue weighted by atomic mass is 33.1. The fourth-order valence-corrected chi connectivity index (χ4v) is 20.3. The van der Waals surface area contributed by atoms with Crippen molar-refractivity contribution in [3.05, 3.63) is 228 Å². The molecule has 8 aromatic carbocycles. The number of ether oxygens (including phenoxy) is 3. The number of thiol groups is 1. The number of carbonyl (C=O) groups excluding carboxylic acids is 3. The van der Waals surface area contributed by atoms with Crippen molar-refractivity contribution in [1.82, 2.24) is 26.4 Å². The van der Waals surface area contributed by atoms with Gasteiger partial charge >= 0.3 is 18.3 Å². The summed E-state index contributed by atoms with van der Waals surface area (Å²) in [7, 11) is 12.9. The Labute approximate surface area is 660 Å². The molecule has 0 spiro atoms. The van der Waals surface area contributed by atoms with Crippen LogP contribution in [0.1, 0.15) is 73.8 Å². The third-order valence-electron chi connectivity index (χ3n) is 14.9. The van der Waals surface area contributed by atoms with Crippen molar-refractivity contribution < 1.29 is 64.9 Å². The lowest BCUT2D eigenvalue weighted by Gasteiger charge is -2.14. The molecule has 2 aromatic heterocycles. The van der Waals surface area contributed by atoms with Crippen molar-refractivity contribution in [2.24, 2.45) is 0 Å². The number of rotatable bonds is 31. The summed E-state index contributed by atoms with van der Waals surface area (Å²) < 4.78 is 26.8. The second kappa shape index (κ2) is 50.0. The quantitative estimate of drug-likeness (QED) is 0.00661. The average Bonchev–Trinajstić information content (AvgIpc) is 1.63. The number of fused-ring (bicyclic) bond motifs is 11. The molecule has 0 fully saturated rings. The highest BCUT2D eigenvalue weighted by molar-refractivity contribution is 8.77. The lowest BCUT2D eigenvalue weighted by atomic mass is 9.98. The number of benzene rings is 8. The molecule has 105 heavy (non-hydrogen) atoms. The Morgan fingerprint density at radius 3 is 0.952 bits per heavy atom. The Morgan fingerprint density at radius 1 is 0.410 bits per heavy atom. The maximum Gasteiger partial charge on any atom is 0.431 e. The van der Waals surface area contributed by atoms with Crippen molar-refractivity contribution in [3.63, 3.8) is 0 Å².